The fourth-order valence-corrected chi connectivity index (χ4v) is 4.60. The Hall–Kier alpha value is -0.760. The molecule has 0 amide bonds. The van der Waals surface area contributed by atoms with Gasteiger partial charge in [-0.1, -0.05) is 27.7 Å². The third kappa shape index (κ3) is 2.32. The van der Waals surface area contributed by atoms with Gasteiger partial charge in [-0.2, -0.15) is 0 Å². The first-order chi connectivity index (χ1) is 9.19. The summed E-state index contributed by atoms with van der Waals surface area (Å²) in [5.41, 5.74) is 11.7. The van der Waals surface area contributed by atoms with Gasteiger partial charge < -0.3 is 10.3 Å². The lowest BCUT2D eigenvalue weighted by atomic mass is 9.74. The Morgan fingerprint density at radius 3 is 2.45 bits per heavy atom. The van der Waals surface area contributed by atoms with Crippen LogP contribution in [-0.2, 0) is 6.42 Å². The number of fused-ring (bicyclic) bond motifs is 1. The first-order valence-corrected chi connectivity index (χ1v) is 8.15. The predicted molar refractivity (Wildman–Crippen MR) is 84.9 cm³/mol. The van der Waals surface area contributed by atoms with Crippen molar-refractivity contribution >= 4 is 0 Å². The van der Waals surface area contributed by atoms with Gasteiger partial charge in [0, 0.05) is 23.5 Å². The predicted octanol–water partition coefficient (Wildman–Crippen LogP) is 4.52. The van der Waals surface area contributed by atoms with Crippen molar-refractivity contribution in [2.24, 2.45) is 16.6 Å². The normalized spacial score (nSPS) is 31.3. The highest BCUT2D eigenvalue weighted by Gasteiger charge is 2.38. The Balaban J connectivity index is 2.01. The molecule has 0 aliphatic heterocycles. The second kappa shape index (κ2) is 4.37. The molecule has 0 radical (unpaired) electrons. The van der Waals surface area contributed by atoms with Gasteiger partial charge in [0.1, 0.15) is 0 Å². The van der Waals surface area contributed by atoms with E-state index in [1.54, 1.807) is 0 Å². The lowest BCUT2D eigenvalue weighted by Crippen LogP contribution is -2.31. The first kappa shape index (κ1) is 14.2. The van der Waals surface area contributed by atoms with Crippen LogP contribution in [0.4, 0.5) is 0 Å². The van der Waals surface area contributed by atoms with Gasteiger partial charge in [-0.15, -0.1) is 0 Å². The van der Waals surface area contributed by atoms with Crippen molar-refractivity contribution in [2.75, 3.05) is 0 Å². The maximum absolute atomic E-state index is 6.44. The van der Waals surface area contributed by atoms with Crippen molar-refractivity contribution in [1.29, 1.82) is 0 Å². The number of rotatable bonds is 1. The van der Waals surface area contributed by atoms with E-state index >= 15 is 0 Å². The van der Waals surface area contributed by atoms with Crippen molar-refractivity contribution in [2.45, 2.75) is 78.8 Å². The zero-order valence-electron chi connectivity index (χ0n) is 13.8. The van der Waals surface area contributed by atoms with E-state index < -0.39 is 0 Å². The van der Waals surface area contributed by atoms with Gasteiger partial charge in [-0.25, -0.2) is 0 Å². The average molecular weight is 274 g/mol. The summed E-state index contributed by atoms with van der Waals surface area (Å²) < 4.78 is 2.64. The smallest absolute Gasteiger partial charge is 0.0341 e. The van der Waals surface area contributed by atoms with Gasteiger partial charge in [0.2, 0.25) is 0 Å². The van der Waals surface area contributed by atoms with E-state index in [4.69, 9.17) is 5.73 Å². The molecule has 1 aromatic heterocycles. The molecule has 0 bridgehead atoms. The van der Waals surface area contributed by atoms with Crippen LogP contribution in [0.15, 0.2) is 6.07 Å². The summed E-state index contributed by atoms with van der Waals surface area (Å²) in [7, 11) is 0. The minimum atomic E-state index is 0.225. The SMILES string of the molecule is Cc1cc2c(n1C1CCC(C)(C)C1)CC(C)(C)CC2N. The summed E-state index contributed by atoms with van der Waals surface area (Å²) in [6.07, 6.45) is 6.27. The molecule has 2 aliphatic rings. The fourth-order valence-electron chi connectivity index (χ4n) is 4.60. The van der Waals surface area contributed by atoms with E-state index in [0.717, 1.165) is 6.42 Å². The van der Waals surface area contributed by atoms with Crippen LogP contribution < -0.4 is 5.73 Å². The van der Waals surface area contributed by atoms with Crippen LogP contribution in [0.1, 0.15) is 82.4 Å². The topological polar surface area (TPSA) is 30.9 Å². The largest absolute Gasteiger partial charge is 0.346 e. The summed E-state index contributed by atoms with van der Waals surface area (Å²) in [5.74, 6) is 0. The maximum atomic E-state index is 6.44. The van der Waals surface area contributed by atoms with Crippen molar-refractivity contribution < 1.29 is 0 Å². The molecule has 2 nitrogen and oxygen atoms in total. The number of aromatic nitrogens is 1. The van der Waals surface area contributed by atoms with Gasteiger partial charge >= 0.3 is 0 Å². The zero-order chi connectivity index (χ0) is 14.7. The van der Waals surface area contributed by atoms with Crippen molar-refractivity contribution in [3.8, 4) is 0 Å². The number of hydrogen-bond donors (Lipinski definition) is 1. The molecule has 1 saturated carbocycles. The van der Waals surface area contributed by atoms with Crippen LogP contribution >= 0.6 is 0 Å². The molecular formula is C18H30N2. The van der Waals surface area contributed by atoms with Gasteiger partial charge in [0.15, 0.2) is 0 Å². The lowest BCUT2D eigenvalue weighted by Gasteiger charge is -2.35. The molecule has 3 rings (SSSR count). The van der Waals surface area contributed by atoms with Crippen LogP contribution in [0.5, 0.6) is 0 Å². The zero-order valence-corrected chi connectivity index (χ0v) is 13.8. The molecule has 0 saturated heterocycles. The second-order valence-electron chi connectivity index (χ2n) is 8.77. The van der Waals surface area contributed by atoms with Gasteiger partial charge in [-0.3, -0.25) is 0 Å². The Kier molecular flexibility index (Phi) is 3.10. The molecule has 2 atom stereocenters. The third-order valence-corrected chi connectivity index (χ3v) is 5.49. The van der Waals surface area contributed by atoms with Gasteiger partial charge in [0.05, 0.1) is 0 Å². The number of aryl methyl sites for hydroxylation is 1. The number of nitrogens with zero attached hydrogens (tertiary/aromatic N) is 1. The summed E-state index contributed by atoms with van der Waals surface area (Å²) in [6, 6.07) is 3.28. The molecule has 2 N–H and O–H groups in total. The molecule has 2 heteroatoms. The Morgan fingerprint density at radius 2 is 1.85 bits per heavy atom. The Bertz CT molecular complexity index is 522. The van der Waals surface area contributed by atoms with Crippen molar-refractivity contribution in [3.63, 3.8) is 0 Å². The van der Waals surface area contributed by atoms with Crippen molar-refractivity contribution in [1.82, 2.24) is 4.57 Å². The summed E-state index contributed by atoms with van der Waals surface area (Å²) >= 11 is 0. The standard InChI is InChI=1S/C18H30N2/c1-12-8-14-15(19)10-18(4,5)11-16(14)20(12)13-6-7-17(2,3)9-13/h8,13,15H,6-7,9-11,19H2,1-5H3. The monoisotopic (exact) mass is 274 g/mol. The van der Waals surface area contributed by atoms with Gasteiger partial charge in [0.25, 0.3) is 0 Å². The first-order valence-electron chi connectivity index (χ1n) is 8.15. The van der Waals surface area contributed by atoms with E-state index in [2.05, 4.69) is 45.3 Å². The molecular weight excluding hydrogens is 244 g/mol. The van der Waals surface area contributed by atoms with E-state index in [9.17, 15) is 0 Å². The summed E-state index contributed by atoms with van der Waals surface area (Å²) in [5, 5.41) is 0. The van der Waals surface area contributed by atoms with E-state index in [-0.39, 0.29) is 6.04 Å². The van der Waals surface area contributed by atoms with E-state index in [1.807, 2.05) is 0 Å². The molecule has 112 valence electrons. The van der Waals surface area contributed by atoms with Gasteiger partial charge in [-0.05, 0) is 61.5 Å². The van der Waals surface area contributed by atoms with Crippen molar-refractivity contribution in [3.05, 3.63) is 23.0 Å². The molecule has 2 aliphatic carbocycles. The molecule has 2 unspecified atom stereocenters. The highest BCUT2D eigenvalue weighted by molar-refractivity contribution is 5.35. The molecule has 1 fully saturated rings. The second-order valence-corrected chi connectivity index (χ2v) is 8.77. The summed E-state index contributed by atoms with van der Waals surface area (Å²) in [6.45, 7) is 11.8. The van der Waals surface area contributed by atoms with Crippen LogP contribution in [0.25, 0.3) is 0 Å². The minimum Gasteiger partial charge on any atom is -0.346 e. The number of hydrogen-bond acceptors (Lipinski definition) is 1. The molecule has 0 aromatic carbocycles. The van der Waals surface area contributed by atoms with E-state index in [1.165, 1.54) is 42.6 Å². The average Bonchev–Trinajstić information content (AvgIpc) is 2.77. The molecule has 0 spiro atoms. The third-order valence-electron chi connectivity index (χ3n) is 5.49. The highest BCUT2D eigenvalue weighted by atomic mass is 15.0. The Morgan fingerprint density at radius 1 is 1.15 bits per heavy atom. The maximum Gasteiger partial charge on any atom is 0.0341 e. The highest BCUT2D eigenvalue weighted by Crippen LogP contribution is 2.48. The van der Waals surface area contributed by atoms with Crippen LogP contribution in [-0.4, -0.2) is 4.57 Å². The number of nitrogens with two attached hydrogens (primary N) is 1. The summed E-state index contributed by atoms with van der Waals surface area (Å²) in [4.78, 5) is 0. The molecule has 1 heterocycles. The van der Waals surface area contributed by atoms with E-state index in [0.29, 0.717) is 16.9 Å². The molecule has 1 aromatic rings. The van der Waals surface area contributed by atoms with Crippen LogP contribution in [0, 0.1) is 17.8 Å². The fraction of sp³-hybridized carbons (Fsp3) is 0.778. The minimum absolute atomic E-state index is 0.225. The van der Waals surface area contributed by atoms with Crippen LogP contribution in [0.3, 0.4) is 0 Å². The quantitative estimate of drug-likeness (QED) is 0.802. The van der Waals surface area contributed by atoms with Crippen LogP contribution in [0.2, 0.25) is 0 Å². The lowest BCUT2D eigenvalue weighted by molar-refractivity contribution is 0.269. The molecule has 20 heavy (non-hydrogen) atoms. The Labute approximate surface area is 123 Å².